The van der Waals surface area contributed by atoms with Gasteiger partial charge in [-0.1, -0.05) is 11.6 Å². The van der Waals surface area contributed by atoms with Gasteiger partial charge in [0.05, 0.1) is 6.20 Å². The Morgan fingerprint density at radius 2 is 2.27 bits per heavy atom. The van der Waals surface area contributed by atoms with Gasteiger partial charge in [0, 0.05) is 0 Å². The maximum Gasteiger partial charge on any atom is 0.338 e. The quantitative estimate of drug-likeness (QED) is 0.625. The molecule has 2 N–H and O–H groups in total. The molecule has 0 bridgehead atoms. The molecule has 0 spiro atoms. The van der Waals surface area contributed by atoms with Gasteiger partial charge in [-0.05, 0) is 6.07 Å². The van der Waals surface area contributed by atoms with Gasteiger partial charge < -0.3 is 10.2 Å². The lowest BCUT2D eigenvalue weighted by atomic mass is 10.3. The topological polar surface area (TPSA) is 70.4 Å². The Labute approximate surface area is 67.1 Å². The van der Waals surface area contributed by atoms with E-state index in [2.05, 4.69) is 4.98 Å². The second-order valence-electron chi connectivity index (χ2n) is 1.84. The molecule has 0 atom stereocenters. The zero-order valence-electron chi connectivity index (χ0n) is 5.28. The molecule has 0 aliphatic rings. The van der Waals surface area contributed by atoms with Crippen LogP contribution in [0.5, 0.6) is 5.75 Å². The predicted octanol–water partition coefficient (Wildman–Crippen LogP) is 1.14. The fraction of sp³-hybridized carbons (Fsp3) is 0. The molecule has 1 rings (SSSR count). The van der Waals surface area contributed by atoms with Crippen molar-refractivity contribution in [1.82, 2.24) is 4.98 Å². The number of carbonyl (C=O) groups is 1. The molecule has 1 heterocycles. The van der Waals surface area contributed by atoms with Gasteiger partial charge >= 0.3 is 5.97 Å². The molecule has 5 heteroatoms. The van der Waals surface area contributed by atoms with Crippen LogP contribution in [0.4, 0.5) is 0 Å². The van der Waals surface area contributed by atoms with Crippen LogP contribution in [0.25, 0.3) is 0 Å². The van der Waals surface area contributed by atoms with E-state index < -0.39 is 5.97 Å². The summed E-state index contributed by atoms with van der Waals surface area (Å²) in [6.07, 6.45) is 1.08. The number of aromatic hydroxyl groups is 1. The lowest BCUT2D eigenvalue weighted by molar-refractivity contribution is 0.0696. The molecule has 0 aliphatic carbocycles. The van der Waals surface area contributed by atoms with Crippen molar-refractivity contribution in [1.29, 1.82) is 0 Å². The molecule has 0 saturated carbocycles. The Kier molecular flexibility index (Phi) is 1.96. The Bertz CT molecular complexity index is 300. The van der Waals surface area contributed by atoms with Crippen LogP contribution in [0, 0.1) is 0 Å². The zero-order valence-corrected chi connectivity index (χ0v) is 6.04. The van der Waals surface area contributed by atoms with Crippen LogP contribution in [0.3, 0.4) is 0 Å². The first kappa shape index (κ1) is 7.81. The second-order valence-corrected chi connectivity index (χ2v) is 2.20. The lowest BCUT2D eigenvalue weighted by Gasteiger charge is -1.96. The molecule has 0 amide bonds. The van der Waals surface area contributed by atoms with Crippen molar-refractivity contribution in [2.24, 2.45) is 0 Å². The number of pyridine rings is 1. The maximum absolute atomic E-state index is 10.3. The van der Waals surface area contributed by atoms with Crippen LogP contribution >= 0.6 is 11.6 Å². The van der Waals surface area contributed by atoms with Crippen LogP contribution in [0.15, 0.2) is 12.3 Å². The fourth-order valence-corrected chi connectivity index (χ4v) is 0.771. The summed E-state index contributed by atoms with van der Waals surface area (Å²) in [5.74, 6) is -1.43. The summed E-state index contributed by atoms with van der Waals surface area (Å²) in [5.41, 5.74) is -0.202. The molecular formula is C6H4ClNO3. The third-order valence-corrected chi connectivity index (χ3v) is 1.36. The van der Waals surface area contributed by atoms with E-state index in [9.17, 15) is 4.79 Å². The van der Waals surface area contributed by atoms with E-state index >= 15 is 0 Å². The third-order valence-electron chi connectivity index (χ3n) is 1.06. The summed E-state index contributed by atoms with van der Waals surface area (Å²) in [4.78, 5) is 13.8. The Morgan fingerprint density at radius 3 is 2.73 bits per heavy atom. The summed E-state index contributed by atoms with van der Waals surface area (Å²) in [6.45, 7) is 0. The number of rotatable bonds is 1. The Hall–Kier alpha value is -1.29. The zero-order chi connectivity index (χ0) is 8.43. The standard InChI is InChI=1S/C6H4ClNO3/c7-5-4(6(10)11)1-3(9)2-8-5/h1-2,9H,(H,10,11). The van der Waals surface area contributed by atoms with E-state index in [0.29, 0.717) is 0 Å². The molecule has 1 aromatic rings. The first-order valence-electron chi connectivity index (χ1n) is 2.69. The van der Waals surface area contributed by atoms with Crippen molar-refractivity contribution < 1.29 is 15.0 Å². The van der Waals surface area contributed by atoms with E-state index in [-0.39, 0.29) is 16.5 Å². The molecule has 0 radical (unpaired) electrons. The number of halogens is 1. The molecule has 0 saturated heterocycles. The van der Waals surface area contributed by atoms with Crippen LogP contribution < -0.4 is 0 Å². The van der Waals surface area contributed by atoms with Gasteiger partial charge in [0.2, 0.25) is 0 Å². The summed E-state index contributed by atoms with van der Waals surface area (Å²) < 4.78 is 0. The summed E-state index contributed by atoms with van der Waals surface area (Å²) in [7, 11) is 0. The minimum atomic E-state index is -1.21. The number of carboxylic acids is 1. The van der Waals surface area contributed by atoms with Gasteiger partial charge in [-0.3, -0.25) is 0 Å². The highest BCUT2D eigenvalue weighted by molar-refractivity contribution is 6.32. The van der Waals surface area contributed by atoms with E-state index in [4.69, 9.17) is 21.8 Å². The van der Waals surface area contributed by atoms with E-state index in [1.54, 1.807) is 0 Å². The average Bonchev–Trinajstić information content (AvgIpc) is 1.94. The fourth-order valence-electron chi connectivity index (χ4n) is 0.587. The lowest BCUT2D eigenvalue weighted by Crippen LogP contribution is -1.98. The van der Waals surface area contributed by atoms with Crippen LogP contribution in [-0.2, 0) is 0 Å². The number of nitrogens with zero attached hydrogens (tertiary/aromatic N) is 1. The number of hydrogen-bond acceptors (Lipinski definition) is 3. The van der Waals surface area contributed by atoms with E-state index in [1.165, 1.54) is 0 Å². The highest BCUT2D eigenvalue weighted by Crippen LogP contribution is 2.17. The van der Waals surface area contributed by atoms with Crippen LogP contribution in [-0.4, -0.2) is 21.2 Å². The first-order chi connectivity index (χ1) is 5.11. The molecule has 58 valence electrons. The first-order valence-corrected chi connectivity index (χ1v) is 3.07. The van der Waals surface area contributed by atoms with Gasteiger partial charge in [-0.15, -0.1) is 0 Å². The van der Waals surface area contributed by atoms with E-state index in [1.807, 2.05) is 0 Å². The molecule has 11 heavy (non-hydrogen) atoms. The molecular weight excluding hydrogens is 170 g/mol. The molecule has 0 fully saturated rings. The van der Waals surface area contributed by atoms with Crippen molar-refractivity contribution in [3.05, 3.63) is 23.0 Å². The monoisotopic (exact) mass is 173 g/mol. The number of hydrogen-bond donors (Lipinski definition) is 2. The van der Waals surface area contributed by atoms with Crippen LogP contribution in [0.2, 0.25) is 5.15 Å². The number of carboxylic acid groups (broad SMARTS) is 1. The summed E-state index contributed by atoms with van der Waals surface area (Å²) in [5, 5.41) is 17.1. The van der Waals surface area contributed by atoms with Crippen molar-refractivity contribution in [2.45, 2.75) is 0 Å². The maximum atomic E-state index is 10.3. The minimum Gasteiger partial charge on any atom is -0.506 e. The highest BCUT2D eigenvalue weighted by Gasteiger charge is 2.09. The SMILES string of the molecule is O=C(O)c1cc(O)cnc1Cl. The van der Waals surface area contributed by atoms with Gasteiger partial charge in [-0.2, -0.15) is 0 Å². The molecule has 0 aliphatic heterocycles. The smallest absolute Gasteiger partial charge is 0.338 e. The Balaban J connectivity index is 3.23. The van der Waals surface area contributed by atoms with Gasteiger partial charge in [-0.25, -0.2) is 9.78 Å². The highest BCUT2D eigenvalue weighted by atomic mass is 35.5. The normalized spacial score (nSPS) is 9.55. The molecule has 1 aromatic heterocycles. The van der Waals surface area contributed by atoms with Crippen molar-refractivity contribution >= 4 is 17.6 Å². The minimum absolute atomic E-state index is 0.129. The van der Waals surface area contributed by atoms with Gasteiger partial charge in [0.15, 0.2) is 0 Å². The van der Waals surface area contributed by atoms with E-state index in [0.717, 1.165) is 12.3 Å². The Morgan fingerprint density at radius 1 is 1.64 bits per heavy atom. The van der Waals surface area contributed by atoms with Crippen molar-refractivity contribution in [3.63, 3.8) is 0 Å². The summed E-state index contributed by atoms with van der Waals surface area (Å²) in [6, 6.07) is 1.04. The predicted molar refractivity (Wildman–Crippen MR) is 37.9 cm³/mol. The second kappa shape index (κ2) is 2.75. The number of aromatic carboxylic acids is 1. The van der Waals surface area contributed by atoms with Crippen LogP contribution in [0.1, 0.15) is 10.4 Å². The largest absolute Gasteiger partial charge is 0.506 e. The molecule has 0 unspecified atom stereocenters. The number of aromatic nitrogens is 1. The molecule has 4 nitrogen and oxygen atoms in total. The van der Waals surface area contributed by atoms with Gasteiger partial charge in [0.25, 0.3) is 0 Å². The third kappa shape index (κ3) is 1.59. The van der Waals surface area contributed by atoms with Crippen molar-refractivity contribution in [3.8, 4) is 5.75 Å². The molecule has 0 aromatic carbocycles. The summed E-state index contributed by atoms with van der Waals surface area (Å²) >= 11 is 5.39. The average molecular weight is 174 g/mol. The van der Waals surface area contributed by atoms with Crippen molar-refractivity contribution in [2.75, 3.05) is 0 Å². The van der Waals surface area contributed by atoms with Gasteiger partial charge in [0.1, 0.15) is 16.5 Å².